The molecule has 0 heterocycles. The van der Waals surface area contributed by atoms with E-state index in [1.54, 1.807) is 0 Å². The number of hydrogen-bond acceptors (Lipinski definition) is 2. The molecule has 0 amide bonds. The average molecular weight is 242 g/mol. The number of Topliss-reactive ketones (excluding diaryl/α,β-unsaturated/α-hetero) is 1. The van der Waals surface area contributed by atoms with Crippen molar-refractivity contribution >= 4 is 21.7 Å². The molecule has 0 aliphatic rings. The largest absolute Gasteiger partial charge is 0.324 e. The minimum atomic E-state index is -0.0203. The van der Waals surface area contributed by atoms with Crippen LogP contribution in [-0.2, 0) is 0 Å². The monoisotopic (exact) mass is 241 g/mol. The Labute approximate surface area is 86.3 Å². The van der Waals surface area contributed by atoms with Crippen molar-refractivity contribution in [1.29, 1.82) is 0 Å². The SMILES string of the molecule is Cc1ccc(Br)c(C(=O)CN)c1C. The summed E-state index contributed by atoms with van der Waals surface area (Å²) in [5, 5.41) is 0. The molecule has 0 unspecified atom stereocenters. The van der Waals surface area contributed by atoms with Gasteiger partial charge in [-0.05, 0) is 31.0 Å². The summed E-state index contributed by atoms with van der Waals surface area (Å²) in [6, 6.07) is 3.86. The van der Waals surface area contributed by atoms with Crippen LogP contribution in [0.2, 0.25) is 0 Å². The van der Waals surface area contributed by atoms with Crippen LogP contribution in [0.15, 0.2) is 16.6 Å². The van der Waals surface area contributed by atoms with Gasteiger partial charge in [0.25, 0.3) is 0 Å². The van der Waals surface area contributed by atoms with Crippen molar-refractivity contribution in [1.82, 2.24) is 0 Å². The van der Waals surface area contributed by atoms with Gasteiger partial charge in [0.05, 0.1) is 6.54 Å². The predicted octanol–water partition coefficient (Wildman–Crippen LogP) is 2.21. The van der Waals surface area contributed by atoms with Gasteiger partial charge >= 0.3 is 0 Å². The van der Waals surface area contributed by atoms with Crippen molar-refractivity contribution in [3.8, 4) is 0 Å². The molecule has 1 aromatic carbocycles. The normalized spacial score (nSPS) is 10.2. The number of halogens is 1. The van der Waals surface area contributed by atoms with Gasteiger partial charge in [-0.15, -0.1) is 0 Å². The summed E-state index contributed by atoms with van der Waals surface area (Å²) in [5.74, 6) is -0.0203. The number of benzene rings is 1. The van der Waals surface area contributed by atoms with E-state index in [9.17, 15) is 4.79 Å². The summed E-state index contributed by atoms with van der Waals surface area (Å²) in [6.07, 6.45) is 0. The van der Waals surface area contributed by atoms with Crippen LogP contribution in [0.25, 0.3) is 0 Å². The highest BCUT2D eigenvalue weighted by Crippen LogP contribution is 2.23. The Morgan fingerprint density at radius 1 is 1.46 bits per heavy atom. The molecule has 0 aliphatic carbocycles. The highest BCUT2D eigenvalue weighted by atomic mass is 79.9. The zero-order valence-electron chi connectivity index (χ0n) is 7.73. The first-order valence-corrected chi connectivity index (χ1v) is 4.86. The molecule has 0 radical (unpaired) electrons. The summed E-state index contributed by atoms with van der Waals surface area (Å²) in [4.78, 5) is 11.5. The van der Waals surface area contributed by atoms with Gasteiger partial charge in [0.2, 0.25) is 0 Å². The molecule has 0 aliphatic heterocycles. The molecule has 1 rings (SSSR count). The Morgan fingerprint density at radius 2 is 2.08 bits per heavy atom. The standard InChI is InChI=1S/C10H12BrNO/c1-6-3-4-8(11)10(7(6)2)9(13)5-12/h3-4H,5,12H2,1-2H3. The number of hydrogen-bond donors (Lipinski definition) is 1. The quantitative estimate of drug-likeness (QED) is 0.808. The second-order valence-electron chi connectivity index (χ2n) is 2.99. The maximum atomic E-state index is 11.5. The number of aryl methyl sites for hydroxylation is 1. The van der Waals surface area contributed by atoms with E-state index in [2.05, 4.69) is 15.9 Å². The van der Waals surface area contributed by atoms with Crippen molar-refractivity contribution in [2.24, 2.45) is 5.73 Å². The molecule has 3 heteroatoms. The molecule has 13 heavy (non-hydrogen) atoms. The van der Waals surface area contributed by atoms with E-state index in [1.807, 2.05) is 26.0 Å². The zero-order valence-corrected chi connectivity index (χ0v) is 9.31. The molecule has 2 nitrogen and oxygen atoms in total. The van der Waals surface area contributed by atoms with Crippen molar-refractivity contribution in [3.63, 3.8) is 0 Å². The van der Waals surface area contributed by atoms with Gasteiger partial charge in [-0.25, -0.2) is 0 Å². The molecule has 2 N–H and O–H groups in total. The third-order valence-electron chi connectivity index (χ3n) is 2.15. The lowest BCUT2D eigenvalue weighted by Crippen LogP contribution is -2.15. The van der Waals surface area contributed by atoms with Crippen molar-refractivity contribution in [2.75, 3.05) is 6.54 Å². The lowest BCUT2D eigenvalue weighted by Gasteiger charge is -2.08. The molecular formula is C10H12BrNO. The second kappa shape index (κ2) is 4.03. The molecule has 0 fully saturated rings. The lowest BCUT2D eigenvalue weighted by molar-refractivity contribution is 0.1000. The van der Waals surface area contributed by atoms with Crippen LogP contribution in [0.4, 0.5) is 0 Å². The fourth-order valence-corrected chi connectivity index (χ4v) is 1.88. The molecule has 0 spiro atoms. The van der Waals surface area contributed by atoms with Crippen molar-refractivity contribution in [3.05, 3.63) is 33.3 Å². The van der Waals surface area contributed by atoms with E-state index < -0.39 is 0 Å². The van der Waals surface area contributed by atoms with Gasteiger partial charge in [0.1, 0.15) is 0 Å². The number of rotatable bonds is 2. The highest BCUT2D eigenvalue weighted by molar-refractivity contribution is 9.10. The van der Waals surface area contributed by atoms with Crippen LogP contribution in [0.5, 0.6) is 0 Å². The molecular weight excluding hydrogens is 230 g/mol. The topological polar surface area (TPSA) is 43.1 Å². The molecule has 0 saturated heterocycles. The Morgan fingerprint density at radius 3 is 2.62 bits per heavy atom. The van der Waals surface area contributed by atoms with Crippen LogP contribution < -0.4 is 5.73 Å². The van der Waals surface area contributed by atoms with Crippen LogP contribution in [-0.4, -0.2) is 12.3 Å². The van der Waals surface area contributed by atoms with Gasteiger partial charge < -0.3 is 5.73 Å². The predicted molar refractivity (Wildman–Crippen MR) is 57.0 cm³/mol. The third kappa shape index (κ3) is 1.98. The first-order valence-electron chi connectivity index (χ1n) is 4.07. The summed E-state index contributed by atoms with van der Waals surface area (Å²) in [7, 11) is 0. The van der Waals surface area contributed by atoms with Gasteiger partial charge in [0.15, 0.2) is 5.78 Å². The fraction of sp³-hybridized carbons (Fsp3) is 0.300. The molecule has 1 aromatic rings. The van der Waals surface area contributed by atoms with Crippen molar-refractivity contribution in [2.45, 2.75) is 13.8 Å². The van der Waals surface area contributed by atoms with Crippen LogP contribution in [0.3, 0.4) is 0 Å². The molecule has 0 atom stereocenters. The first kappa shape index (κ1) is 10.4. The van der Waals surface area contributed by atoms with E-state index in [0.29, 0.717) is 5.56 Å². The molecule has 0 aromatic heterocycles. The molecule has 0 bridgehead atoms. The number of carbonyl (C=O) groups is 1. The summed E-state index contributed by atoms with van der Waals surface area (Å²) in [5.41, 5.74) is 8.15. The maximum Gasteiger partial charge on any atom is 0.177 e. The zero-order chi connectivity index (χ0) is 10.0. The van der Waals surface area contributed by atoms with Crippen LogP contribution >= 0.6 is 15.9 Å². The summed E-state index contributed by atoms with van der Waals surface area (Å²) >= 11 is 3.35. The molecule has 70 valence electrons. The fourth-order valence-electron chi connectivity index (χ4n) is 1.23. The van der Waals surface area contributed by atoms with Gasteiger partial charge in [0, 0.05) is 10.0 Å². The van der Waals surface area contributed by atoms with Gasteiger partial charge in [-0.3, -0.25) is 4.79 Å². The number of carbonyl (C=O) groups excluding carboxylic acids is 1. The highest BCUT2D eigenvalue weighted by Gasteiger charge is 2.12. The van der Waals surface area contributed by atoms with E-state index in [1.165, 1.54) is 0 Å². The van der Waals surface area contributed by atoms with Crippen LogP contribution in [0, 0.1) is 13.8 Å². The summed E-state index contributed by atoms with van der Waals surface area (Å²) < 4.78 is 0.825. The van der Waals surface area contributed by atoms with E-state index in [-0.39, 0.29) is 12.3 Å². The molecule has 0 saturated carbocycles. The maximum absolute atomic E-state index is 11.5. The number of nitrogens with two attached hydrogens (primary N) is 1. The Bertz CT molecular complexity index is 347. The lowest BCUT2D eigenvalue weighted by atomic mass is 10.0. The van der Waals surface area contributed by atoms with Crippen molar-refractivity contribution < 1.29 is 4.79 Å². The second-order valence-corrected chi connectivity index (χ2v) is 3.85. The minimum absolute atomic E-state index is 0.0203. The minimum Gasteiger partial charge on any atom is -0.324 e. The van der Waals surface area contributed by atoms with Crippen LogP contribution in [0.1, 0.15) is 21.5 Å². The van der Waals surface area contributed by atoms with E-state index >= 15 is 0 Å². The Balaban J connectivity index is 3.33. The van der Waals surface area contributed by atoms with E-state index in [4.69, 9.17) is 5.73 Å². The summed E-state index contributed by atoms with van der Waals surface area (Å²) in [6.45, 7) is 3.97. The Kier molecular flexibility index (Phi) is 3.22. The smallest absolute Gasteiger partial charge is 0.177 e. The average Bonchev–Trinajstić information content (AvgIpc) is 2.12. The third-order valence-corrected chi connectivity index (χ3v) is 2.81. The first-order chi connectivity index (χ1) is 6.07. The van der Waals surface area contributed by atoms with E-state index in [0.717, 1.165) is 15.6 Å². The van der Waals surface area contributed by atoms with Gasteiger partial charge in [-0.2, -0.15) is 0 Å². The van der Waals surface area contributed by atoms with Gasteiger partial charge in [-0.1, -0.05) is 22.0 Å². The number of ketones is 1. The Hall–Kier alpha value is -0.670.